The highest BCUT2D eigenvalue weighted by molar-refractivity contribution is 6.34. The molecule has 3 aromatic rings. The molecule has 1 aliphatic heterocycles. The molecule has 0 spiro atoms. The lowest BCUT2D eigenvalue weighted by molar-refractivity contribution is -0.143. The SMILES string of the molecule is C[C@H]1CCC[C@H](C)N1Cc1nn2c(C(F)(F)F)c3c(nc2c1Cl)-c1ccccc1CC3. The van der Waals surface area contributed by atoms with Crippen molar-refractivity contribution in [3.63, 3.8) is 0 Å². The molecular weight excluding hydrogens is 425 g/mol. The van der Waals surface area contributed by atoms with Crippen LogP contribution in [0.2, 0.25) is 5.02 Å². The monoisotopic (exact) mass is 448 g/mol. The number of alkyl halides is 3. The van der Waals surface area contributed by atoms with Crippen LogP contribution in [0.3, 0.4) is 0 Å². The molecule has 0 radical (unpaired) electrons. The van der Waals surface area contributed by atoms with Crippen molar-refractivity contribution >= 4 is 17.2 Å². The summed E-state index contributed by atoms with van der Waals surface area (Å²) in [6.07, 6.45) is -0.459. The van der Waals surface area contributed by atoms with Gasteiger partial charge in [-0.15, -0.1) is 0 Å². The summed E-state index contributed by atoms with van der Waals surface area (Å²) in [6.45, 7) is 4.71. The molecule has 0 bridgehead atoms. The predicted octanol–water partition coefficient (Wildman–Crippen LogP) is 5.93. The average molecular weight is 449 g/mol. The molecule has 4 nitrogen and oxygen atoms in total. The van der Waals surface area contributed by atoms with E-state index in [0.717, 1.165) is 34.9 Å². The number of fused-ring (bicyclic) bond motifs is 4. The van der Waals surface area contributed by atoms with Gasteiger partial charge in [0.25, 0.3) is 0 Å². The fourth-order valence-electron chi connectivity index (χ4n) is 5.14. The van der Waals surface area contributed by atoms with Crippen molar-refractivity contribution in [3.05, 3.63) is 51.8 Å². The zero-order valence-corrected chi connectivity index (χ0v) is 18.3. The lowest BCUT2D eigenvalue weighted by Crippen LogP contribution is -2.43. The van der Waals surface area contributed by atoms with Crippen LogP contribution in [0.5, 0.6) is 0 Å². The van der Waals surface area contributed by atoms with E-state index in [4.69, 9.17) is 11.6 Å². The van der Waals surface area contributed by atoms with Crippen LogP contribution in [0.15, 0.2) is 24.3 Å². The summed E-state index contributed by atoms with van der Waals surface area (Å²) in [7, 11) is 0. The Labute approximate surface area is 184 Å². The highest BCUT2D eigenvalue weighted by Gasteiger charge is 2.41. The van der Waals surface area contributed by atoms with Crippen LogP contribution in [-0.2, 0) is 25.6 Å². The van der Waals surface area contributed by atoms with Crippen molar-refractivity contribution in [1.29, 1.82) is 0 Å². The van der Waals surface area contributed by atoms with Crippen LogP contribution in [-0.4, -0.2) is 31.6 Å². The van der Waals surface area contributed by atoms with Crippen LogP contribution in [0.25, 0.3) is 16.9 Å². The summed E-state index contributed by atoms with van der Waals surface area (Å²) in [5, 5.41) is 4.58. The number of nitrogens with zero attached hydrogens (tertiary/aromatic N) is 4. The Morgan fingerprint density at radius 1 is 1.10 bits per heavy atom. The second kappa shape index (κ2) is 7.48. The first-order valence-corrected chi connectivity index (χ1v) is 11.1. The van der Waals surface area contributed by atoms with Gasteiger partial charge < -0.3 is 0 Å². The van der Waals surface area contributed by atoms with Gasteiger partial charge in [-0.2, -0.15) is 18.3 Å². The summed E-state index contributed by atoms with van der Waals surface area (Å²) < 4.78 is 43.7. The summed E-state index contributed by atoms with van der Waals surface area (Å²) in [5.74, 6) is 0. The lowest BCUT2D eigenvalue weighted by atomic mass is 9.88. The van der Waals surface area contributed by atoms with Gasteiger partial charge in [-0.25, -0.2) is 9.50 Å². The van der Waals surface area contributed by atoms with E-state index in [1.165, 1.54) is 0 Å². The van der Waals surface area contributed by atoms with Gasteiger partial charge in [-0.05, 0) is 45.1 Å². The molecular formula is C23H24ClF3N4. The molecule has 1 fully saturated rings. The third-order valence-corrected chi connectivity index (χ3v) is 7.15. The van der Waals surface area contributed by atoms with Crippen LogP contribution in [0.1, 0.15) is 55.6 Å². The molecule has 0 unspecified atom stereocenters. The number of aryl methyl sites for hydroxylation is 1. The first-order chi connectivity index (χ1) is 14.8. The van der Waals surface area contributed by atoms with E-state index >= 15 is 0 Å². The molecule has 31 heavy (non-hydrogen) atoms. The minimum Gasteiger partial charge on any atom is -0.292 e. The maximum atomic E-state index is 14.3. The Morgan fingerprint density at radius 2 is 1.81 bits per heavy atom. The second-order valence-electron chi connectivity index (χ2n) is 8.74. The van der Waals surface area contributed by atoms with Crippen molar-refractivity contribution in [2.75, 3.05) is 0 Å². The minimum absolute atomic E-state index is 0.0803. The summed E-state index contributed by atoms with van der Waals surface area (Å²) >= 11 is 6.62. The summed E-state index contributed by atoms with van der Waals surface area (Å²) in [4.78, 5) is 6.91. The predicted molar refractivity (Wildman–Crippen MR) is 114 cm³/mol. The number of aromatic nitrogens is 3. The van der Waals surface area contributed by atoms with Gasteiger partial charge in [0.1, 0.15) is 5.02 Å². The normalized spacial score (nSPS) is 21.9. The van der Waals surface area contributed by atoms with E-state index in [-0.39, 0.29) is 22.7 Å². The van der Waals surface area contributed by atoms with Crippen molar-refractivity contribution < 1.29 is 13.2 Å². The van der Waals surface area contributed by atoms with E-state index in [1.807, 2.05) is 24.3 Å². The van der Waals surface area contributed by atoms with Gasteiger partial charge in [0.05, 0.1) is 11.4 Å². The van der Waals surface area contributed by atoms with Crippen molar-refractivity contribution in [3.8, 4) is 11.3 Å². The fraction of sp³-hybridized carbons (Fsp3) is 0.478. The van der Waals surface area contributed by atoms with Gasteiger partial charge in [0.2, 0.25) is 0 Å². The van der Waals surface area contributed by atoms with Gasteiger partial charge in [-0.1, -0.05) is 42.3 Å². The molecule has 5 rings (SSSR count). The molecule has 0 amide bonds. The highest BCUT2D eigenvalue weighted by atomic mass is 35.5. The van der Waals surface area contributed by atoms with E-state index in [2.05, 4.69) is 28.8 Å². The number of hydrogen-bond acceptors (Lipinski definition) is 3. The Bertz CT molecular complexity index is 1140. The van der Waals surface area contributed by atoms with E-state index in [1.54, 1.807) is 0 Å². The molecule has 1 aromatic carbocycles. The number of likely N-dealkylation sites (tertiary alicyclic amines) is 1. The summed E-state index contributed by atoms with van der Waals surface area (Å²) in [6, 6.07) is 8.17. The van der Waals surface area contributed by atoms with E-state index in [9.17, 15) is 13.2 Å². The zero-order chi connectivity index (χ0) is 21.9. The molecule has 8 heteroatoms. The Hall–Kier alpha value is -2.12. The first-order valence-electron chi connectivity index (χ1n) is 10.8. The topological polar surface area (TPSA) is 33.4 Å². The van der Waals surface area contributed by atoms with Crippen LogP contribution >= 0.6 is 11.6 Å². The number of benzene rings is 1. The standard InChI is InChI=1S/C23H24ClF3N4/c1-13-6-5-7-14(2)30(13)12-18-19(24)22-28-20-16-9-4-3-8-15(16)10-11-17(20)21(23(25,26)27)31(22)29-18/h3-4,8-9,13-14H,5-7,10-12H2,1-2H3/t13-,14-/m0/s1. The quantitative estimate of drug-likeness (QED) is 0.487. The van der Waals surface area contributed by atoms with Crippen LogP contribution < -0.4 is 0 Å². The van der Waals surface area contributed by atoms with Crippen LogP contribution in [0.4, 0.5) is 13.2 Å². The van der Waals surface area contributed by atoms with Gasteiger partial charge in [0, 0.05) is 29.8 Å². The molecule has 2 aliphatic rings. The number of hydrogen-bond donors (Lipinski definition) is 0. The third-order valence-electron chi connectivity index (χ3n) is 6.77. The Morgan fingerprint density at radius 3 is 2.52 bits per heavy atom. The molecule has 1 saturated heterocycles. The lowest BCUT2D eigenvalue weighted by Gasteiger charge is -2.38. The zero-order valence-electron chi connectivity index (χ0n) is 17.5. The first kappa shape index (κ1) is 20.8. The molecule has 2 aromatic heterocycles. The molecule has 1 aliphatic carbocycles. The van der Waals surface area contributed by atoms with E-state index < -0.39 is 11.9 Å². The van der Waals surface area contributed by atoms with Crippen molar-refractivity contribution in [2.45, 2.75) is 70.8 Å². The molecule has 0 N–H and O–H groups in total. The number of piperidine rings is 1. The molecule has 3 heterocycles. The Balaban J connectivity index is 1.70. The van der Waals surface area contributed by atoms with Crippen molar-refractivity contribution in [1.82, 2.24) is 19.5 Å². The largest absolute Gasteiger partial charge is 0.433 e. The fourth-order valence-corrected chi connectivity index (χ4v) is 5.36. The maximum Gasteiger partial charge on any atom is 0.433 e. The third kappa shape index (κ3) is 3.42. The smallest absolute Gasteiger partial charge is 0.292 e. The average Bonchev–Trinajstić information content (AvgIpc) is 3.03. The second-order valence-corrected chi connectivity index (χ2v) is 9.12. The van der Waals surface area contributed by atoms with Gasteiger partial charge in [-0.3, -0.25) is 4.90 Å². The van der Waals surface area contributed by atoms with Crippen LogP contribution in [0, 0.1) is 0 Å². The highest BCUT2D eigenvalue weighted by Crippen LogP contribution is 2.42. The number of halogens is 4. The minimum atomic E-state index is -4.56. The maximum absolute atomic E-state index is 14.3. The molecule has 2 atom stereocenters. The molecule has 164 valence electrons. The molecule has 0 saturated carbocycles. The number of rotatable bonds is 2. The van der Waals surface area contributed by atoms with E-state index in [0.29, 0.717) is 36.4 Å². The van der Waals surface area contributed by atoms with Crippen molar-refractivity contribution in [2.24, 2.45) is 0 Å². The summed E-state index contributed by atoms with van der Waals surface area (Å²) in [5.41, 5.74) is 2.10. The van der Waals surface area contributed by atoms with Gasteiger partial charge in [0.15, 0.2) is 11.3 Å². The van der Waals surface area contributed by atoms with Gasteiger partial charge >= 0.3 is 6.18 Å². The Kier molecular flexibility index (Phi) is 5.01.